The van der Waals surface area contributed by atoms with E-state index >= 15 is 0 Å². The first-order chi connectivity index (χ1) is 1.73. The van der Waals surface area contributed by atoms with Gasteiger partial charge in [0, 0.05) is 17.1 Å². The van der Waals surface area contributed by atoms with E-state index in [9.17, 15) is 0 Å². The molecule has 0 fully saturated rings. The van der Waals surface area contributed by atoms with Crippen molar-refractivity contribution >= 4 is 13.7 Å². The van der Waals surface area contributed by atoms with Gasteiger partial charge in [0.15, 0.2) is 0 Å². The van der Waals surface area contributed by atoms with Crippen LogP contribution >= 0.6 is 0 Å². The molecule has 0 atom stereocenters. The molecule has 0 heterocycles. The van der Waals surface area contributed by atoms with Crippen molar-refractivity contribution in [2.75, 3.05) is 0 Å². The van der Waals surface area contributed by atoms with Crippen molar-refractivity contribution in [3.8, 4) is 0 Å². The van der Waals surface area contributed by atoms with Crippen molar-refractivity contribution in [3.05, 3.63) is 0 Å². The molecule has 31 valence electrons. The summed E-state index contributed by atoms with van der Waals surface area (Å²) in [6, 6.07) is 0. The summed E-state index contributed by atoms with van der Waals surface area (Å²) in [5.41, 5.74) is 0. The molecule has 0 spiro atoms. The van der Waals surface area contributed by atoms with Crippen molar-refractivity contribution in [2.45, 2.75) is 0 Å². The summed E-state index contributed by atoms with van der Waals surface area (Å²) in [6.07, 6.45) is 0. The fourth-order valence-corrected chi connectivity index (χ4v) is 0. The van der Waals surface area contributed by atoms with Crippen LogP contribution in [-0.2, 0) is 17.1 Å². The minimum atomic E-state index is -1.33. The molecule has 5 heavy (non-hydrogen) atoms. The molecule has 0 aromatic carbocycles. The van der Waals surface area contributed by atoms with E-state index in [0.29, 0.717) is 0 Å². The first-order valence-electron chi connectivity index (χ1n) is 0.716. The van der Waals surface area contributed by atoms with Crippen LogP contribution in [0, 0.1) is 0 Å². The summed E-state index contributed by atoms with van der Waals surface area (Å²) in [4.78, 5) is 8.78. The van der Waals surface area contributed by atoms with Gasteiger partial charge in [-0.05, 0) is 0 Å². The normalized spacial score (nSPS) is 4.80. The molecule has 1 N–H and O–H groups in total. The molecule has 4 heteroatoms. The number of hydrogen-bond acceptors (Lipinski definition) is 1. The van der Waals surface area contributed by atoms with Crippen LogP contribution in [0.1, 0.15) is 0 Å². The van der Waals surface area contributed by atoms with Crippen molar-refractivity contribution < 1.29 is 27.0 Å². The zero-order valence-electron chi connectivity index (χ0n) is 2.23. The third-order valence-electron chi connectivity index (χ3n) is 0. The Morgan fingerprint density at radius 1 is 1.80 bits per heavy atom. The van der Waals surface area contributed by atoms with Crippen molar-refractivity contribution in [1.82, 2.24) is 0 Å². The van der Waals surface area contributed by atoms with Crippen molar-refractivity contribution in [2.24, 2.45) is 0 Å². The Morgan fingerprint density at radius 2 is 1.80 bits per heavy atom. The van der Waals surface area contributed by atoms with Crippen LogP contribution in [0.3, 0.4) is 0 Å². The average Bonchev–Trinajstić information content (AvgIpc) is 0.811. The van der Waals surface area contributed by atoms with Gasteiger partial charge in [0.05, 0.1) is 0 Å². The molecule has 0 rings (SSSR count). The third kappa shape index (κ3) is 5780. The van der Waals surface area contributed by atoms with Crippen LogP contribution < -0.4 is 0 Å². The zero-order chi connectivity index (χ0) is 3.58. The topological polar surface area (TPSA) is 37.3 Å². The number of carbonyl (C=O) groups is 1. The van der Waals surface area contributed by atoms with Crippen LogP contribution in [0.25, 0.3) is 0 Å². The van der Waals surface area contributed by atoms with Gasteiger partial charge in [0.1, 0.15) is 0 Å². The molecule has 3 radical (unpaired) electrons. The van der Waals surface area contributed by atoms with E-state index in [1.807, 2.05) is 0 Å². The number of hydrogen-bond donors (Lipinski definition) is 1. The molecular formula is CHBCuO2. The Labute approximate surface area is 41.4 Å². The third-order valence-corrected chi connectivity index (χ3v) is 0. The van der Waals surface area contributed by atoms with Crippen LogP contribution in [0.2, 0.25) is 0 Å². The first kappa shape index (κ1) is 8.91. The summed E-state index contributed by atoms with van der Waals surface area (Å²) >= 11 is 0. The van der Waals surface area contributed by atoms with E-state index in [1.54, 1.807) is 0 Å². The molecule has 0 aromatic heterocycles. The van der Waals surface area contributed by atoms with Crippen molar-refractivity contribution in [1.29, 1.82) is 0 Å². The Morgan fingerprint density at radius 3 is 1.80 bits per heavy atom. The molecule has 0 aliphatic carbocycles. The van der Waals surface area contributed by atoms with Gasteiger partial charge in [-0.25, -0.2) is 0 Å². The van der Waals surface area contributed by atoms with Gasteiger partial charge in [0.2, 0.25) is 13.7 Å². The van der Waals surface area contributed by atoms with E-state index in [0.717, 1.165) is 0 Å². The minimum absolute atomic E-state index is 0. The summed E-state index contributed by atoms with van der Waals surface area (Å²) < 4.78 is 0. The molecule has 0 aliphatic rings. The largest absolute Gasteiger partial charge is 0.490 e. The molecule has 0 aliphatic heterocycles. The van der Waals surface area contributed by atoms with Gasteiger partial charge < -0.3 is 5.11 Å². The predicted molar refractivity (Wildman–Crippen MR) is 13.8 cm³/mol. The fourth-order valence-electron chi connectivity index (χ4n) is 0. The zero-order valence-corrected chi connectivity index (χ0v) is 3.18. The molecule has 0 amide bonds. The molecule has 2 nitrogen and oxygen atoms in total. The monoisotopic (exact) mass is 119 g/mol. The van der Waals surface area contributed by atoms with E-state index in [4.69, 9.17) is 9.90 Å². The van der Waals surface area contributed by atoms with Crippen molar-refractivity contribution in [3.63, 3.8) is 0 Å². The Hall–Kier alpha value is 0.0544. The van der Waals surface area contributed by atoms with Crippen LogP contribution in [-0.4, -0.2) is 18.8 Å². The quantitative estimate of drug-likeness (QED) is 0.450. The maximum atomic E-state index is 8.78. The Bertz CT molecular complexity index is 32.6. The summed E-state index contributed by atoms with van der Waals surface area (Å²) in [5, 5.41) is 7.19. The second kappa shape index (κ2) is 4.05. The fraction of sp³-hybridized carbons (Fsp3) is 0. The van der Waals surface area contributed by atoms with Gasteiger partial charge in [-0.3, -0.25) is 4.79 Å². The maximum absolute atomic E-state index is 8.78. The smallest absolute Gasteiger partial charge is 0.233 e. The van der Waals surface area contributed by atoms with E-state index in [2.05, 4.69) is 7.85 Å². The Kier molecular flexibility index (Phi) is 7.22. The Balaban J connectivity index is 0. The SMILES string of the molecule is [B]C(=O)O.[Cu]. The number of rotatable bonds is 0. The molecule has 0 bridgehead atoms. The predicted octanol–water partition coefficient (Wildman–Crippen LogP) is -0.170. The van der Waals surface area contributed by atoms with Gasteiger partial charge in [-0.1, -0.05) is 0 Å². The molecular weight excluding hydrogens is 118 g/mol. The minimum Gasteiger partial charge on any atom is -0.490 e. The van der Waals surface area contributed by atoms with Gasteiger partial charge >= 0.3 is 0 Å². The van der Waals surface area contributed by atoms with E-state index in [1.165, 1.54) is 0 Å². The van der Waals surface area contributed by atoms with Gasteiger partial charge in [-0.2, -0.15) is 0 Å². The second-order valence-corrected chi connectivity index (χ2v) is 0.338. The standard InChI is InChI=1S/CHBO2.Cu/c2-1(3)4;/h(H,3,4);. The van der Waals surface area contributed by atoms with Crippen LogP contribution in [0.4, 0.5) is 4.79 Å². The van der Waals surface area contributed by atoms with Crippen LogP contribution in [0.5, 0.6) is 0 Å². The van der Waals surface area contributed by atoms with Gasteiger partial charge in [0.25, 0.3) is 0 Å². The first-order valence-corrected chi connectivity index (χ1v) is 0.716. The number of carboxylic acid groups (broad SMARTS) is 1. The second-order valence-electron chi connectivity index (χ2n) is 0.338. The molecule has 0 aromatic rings. The van der Waals surface area contributed by atoms with E-state index < -0.39 is 5.87 Å². The summed E-state index contributed by atoms with van der Waals surface area (Å²) in [6.45, 7) is 0. The molecule has 0 saturated heterocycles. The van der Waals surface area contributed by atoms with Gasteiger partial charge in [-0.15, -0.1) is 0 Å². The summed E-state index contributed by atoms with van der Waals surface area (Å²) in [5.74, 6) is -1.33. The average molecular weight is 119 g/mol. The molecule has 0 unspecified atom stereocenters. The molecule has 0 saturated carbocycles. The van der Waals surface area contributed by atoms with E-state index in [-0.39, 0.29) is 17.1 Å². The summed E-state index contributed by atoms with van der Waals surface area (Å²) in [7, 11) is 4.03. The maximum Gasteiger partial charge on any atom is 0.233 e. The van der Waals surface area contributed by atoms with Crippen LogP contribution in [0.15, 0.2) is 0 Å².